The number of carbonyl (C=O) groups is 1. The highest BCUT2D eigenvalue weighted by atomic mass is 16.7. The van der Waals surface area contributed by atoms with Gasteiger partial charge < -0.3 is 18.9 Å². The molecule has 0 aliphatic carbocycles. The van der Waals surface area contributed by atoms with Crippen molar-refractivity contribution in [2.24, 2.45) is 0 Å². The fourth-order valence-electron chi connectivity index (χ4n) is 2.07. The topological polar surface area (TPSA) is 54.0 Å². The van der Waals surface area contributed by atoms with Crippen LogP contribution in [0, 0.1) is 6.92 Å². The smallest absolute Gasteiger partial charge is 0.333 e. The number of methoxy groups -OCH3 is 1. The van der Waals surface area contributed by atoms with E-state index in [0.717, 1.165) is 11.1 Å². The van der Waals surface area contributed by atoms with Gasteiger partial charge in [0.2, 0.25) is 0 Å². The SMILES string of the molecule is C=C(C)C(=O)OC(C)c1cc(C)c(OC(C)OCC)c(OC)c1. The van der Waals surface area contributed by atoms with Crippen molar-refractivity contribution in [1.82, 2.24) is 0 Å². The molecule has 0 aliphatic heterocycles. The molecule has 5 heteroatoms. The van der Waals surface area contributed by atoms with Crippen LogP contribution in [0.4, 0.5) is 0 Å². The molecule has 0 aromatic heterocycles. The first-order chi connectivity index (χ1) is 10.8. The third-order valence-corrected chi connectivity index (χ3v) is 3.27. The fourth-order valence-corrected chi connectivity index (χ4v) is 2.07. The van der Waals surface area contributed by atoms with Gasteiger partial charge in [-0.2, -0.15) is 0 Å². The highest BCUT2D eigenvalue weighted by molar-refractivity contribution is 5.87. The number of hydrogen-bond donors (Lipinski definition) is 0. The summed E-state index contributed by atoms with van der Waals surface area (Å²) in [4.78, 5) is 11.7. The van der Waals surface area contributed by atoms with Crippen molar-refractivity contribution < 1.29 is 23.7 Å². The summed E-state index contributed by atoms with van der Waals surface area (Å²) in [6.07, 6.45) is -0.790. The van der Waals surface area contributed by atoms with Gasteiger partial charge in [0.15, 0.2) is 17.8 Å². The monoisotopic (exact) mass is 322 g/mol. The Morgan fingerprint density at radius 3 is 2.48 bits per heavy atom. The lowest BCUT2D eigenvalue weighted by Gasteiger charge is -2.21. The van der Waals surface area contributed by atoms with Gasteiger partial charge in [-0.15, -0.1) is 0 Å². The van der Waals surface area contributed by atoms with E-state index in [1.165, 1.54) is 0 Å². The average molecular weight is 322 g/mol. The maximum atomic E-state index is 11.7. The molecule has 0 heterocycles. The lowest BCUT2D eigenvalue weighted by atomic mass is 10.1. The van der Waals surface area contributed by atoms with Gasteiger partial charge in [0.05, 0.1) is 7.11 Å². The van der Waals surface area contributed by atoms with Gasteiger partial charge in [-0.05, 0) is 57.9 Å². The second-order valence-corrected chi connectivity index (χ2v) is 5.34. The van der Waals surface area contributed by atoms with Crippen LogP contribution in [0.5, 0.6) is 11.5 Å². The van der Waals surface area contributed by atoms with E-state index in [9.17, 15) is 4.79 Å². The summed E-state index contributed by atoms with van der Waals surface area (Å²) in [5, 5.41) is 0. The van der Waals surface area contributed by atoms with Gasteiger partial charge in [0.1, 0.15) is 6.10 Å². The molecular weight excluding hydrogens is 296 g/mol. The zero-order valence-corrected chi connectivity index (χ0v) is 14.8. The molecule has 0 spiro atoms. The first-order valence-corrected chi connectivity index (χ1v) is 7.63. The molecule has 0 saturated carbocycles. The van der Waals surface area contributed by atoms with E-state index in [1.54, 1.807) is 27.0 Å². The molecule has 0 amide bonds. The van der Waals surface area contributed by atoms with Crippen LogP contribution < -0.4 is 9.47 Å². The summed E-state index contributed by atoms with van der Waals surface area (Å²) in [5.74, 6) is 0.778. The highest BCUT2D eigenvalue weighted by Crippen LogP contribution is 2.36. The van der Waals surface area contributed by atoms with Crippen LogP contribution in [0.3, 0.4) is 0 Å². The van der Waals surface area contributed by atoms with E-state index in [2.05, 4.69) is 6.58 Å². The number of aryl methyl sites for hydroxylation is 1. The predicted octanol–water partition coefficient (Wildman–Crippen LogP) is 3.95. The molecule has 0 radical (unpaired) electrons. The Balaban J connectivity index is 3.03. The number of carbonyl (C=O) groups excluding carboxylic acids is 1. The van der Waals surface area contributed by atoms with Crippen LogP contribution >= 0.6 is 0 Å². The van der Waals surface area contributed by atoms with E-state index in [0.29, 0.717) is 23.7 Å². The predicted molar refractivity (Wildman–Crippen MR) is 88.8 cm³/mol. The van der Waals surface area contributed by atoms with Crippen molar-refractivity contribution in [3.63, 3.8) is 0 Å². The van der Waals surface area contributed by atoms with E-state index in [1.807, 2.05) is 26.8 Å². The molecule has 23 heavy (non-hydrogen) atoms. The minimum atomic E-state index is -0.417. The Morgan fingerprint density at radius 1 is 1.30 bits per heavy atom. The molecule has 1 aromatic carbocycles. The van der Waals surface area contributed by atoms with Crippen molar-refractivity contribution in [3.8, 4) is 11.5 Å². The number of rotatable bonds is 8. The van der Waals surface area contributed by atoms with Gasteiger partial charge in [-0.1, -0.05) is 6.58 Å². The third-order valence-electron chi connectivity index (χ3n) is 3.27. The summed E-state index contributed by atoms with van der Waals surface area (Å²) in [6, 6.07) is 3.71. The Labute approximate surface area is 138 Å². The van der Waals surface area contributed by atoms with E-state index in [4.69, 9.17) is 18.9 Å². The third kappa shape index (κ3) is 5.28. The largest absolute Gasteiger partial charge is 0.493 e. The second-order valence-electron chi connectivity index (χ2n) is 5.34. The Morgan fingerprint density at radius 2 is 1.96 bits per heavy atom. The number of esters is 1. The van der Waals surface area contributed by atoms with Crippen molar-refractivity contribution in [1.29, 1.82) is 0 Å². The lowest BCUT2D eigenvalue weighted by Crippen LogP contribution is -2.17. The first-order valence-electron chi connectivity index (χ1n) is 7.63. The summed E-state index contributed by atoms with van der Waals surface area (Å²) in [6.45, 7) is 13.2. The van der Waals surface area contributed by atoms with Crippen LogP contribution in [0.15, 0.2) is 24.3 Å². The summed E-state index contributed by atoms with van der Waals surface area (Å²) in [5.41, 5.74) is 2.07. The van der Waals surface area contributed by atoms with Crippen LogP contribution in [0.2, 0.25) is 0 Å². The average Bonchev–Trinajstić information content (AvgIpc) is 2.48. The lowest BCUT2D eigenvalue weighted by molar-refractivity contribution is -0.143. The standard InChI is InChI=1S/C18H26O5/c1-8-21-14(6)23-17-12(4)9-15(10-16(17)20-7)13(5)22-18(19)11(2)3/h9-10,13-14H,2,8H2,1,3-7H3. The quantitative estimate of drug-likeness (QED) is 0.412. The molecule has 0 bridgehead atoms. The molecule has 5 nitrogen and oxygen atoms in total. The van der Waals surface area contributed by atoms with E-state index >= 15 is 0 Å². The molecule has 1 aromatic rings. The van der Waals surface area contributed by atoms with Gasteiger partial charge in [-0.25, -0.2) is 4.79 Å². The zero-order chi connectivity index (χ0) is 17.6. The van der Waals surface area contributed by atoms with E-state index in [-0.39, 0.29) is 6.29 Å². The highest BCUT2D eigenvalue weighted by Gasteiger charge is 2.18. The Kier molecular flexibility index (Phi) is 7.10. The van der Waals surface area contributed by atoms with Crippen molar-refractivity contribution in [2.75, 3.05) is 13.7 Å². The number of hydrogen-bond acceptors (Lipinski definition) is 5. The van der Waals surface area contributed by atoms with Crippen LogP contribution in [0.25, 0.3) is 0 Å². The van der Waals surface area contributed by atoms with Gasteiger partial charge in [-0.3, -0.25) is 0 Å². The summed E-state index contributed by atoms with van der Waals surface area (Å²) in [7, 11) is 1.57. The van der Waals surface area contributed by atoms with Gasteiger partial charge in [0, 0.05) is 12.2 Å². The van der Waals surface area contributed by atoms with E-state index < -0.39 is 12.1 Å². The molecule has 128 valence electrons. The maximum Gasteiger partial charge on any atom is 0.333 e. The molecule has 0 fully saturated rings. The molecular formula is C18H26O5. The fraction of sp³-hybridized carbons (Fsp3) is 0.500. The molecule has 0 saturated heterocycles. The minimum Gasteiger partial charge on any atom is -0.493 e. The van der Waals surface area contributed by atoms with Gasteiger partial charge in [0.25, 0.3) is 0 Å². The van der Waals surface area contributed by atoms with Crippen molar-refractivity contribution in [2.45, 2.75) is 47.0 Å². The Hall–Kier alpha value is -2.01. The molecule has 0 aliphatic rings. The minimum absolute atomic E-state index is 0.367. The zero-order valence-electron chi connectivity index (χ0n) is 14.8. The molecule has 0 N–H and O–H groups in total. The molecule has 1 rings (SSSR count). The van der Waals surface area contributed by atoms with Crippen LogP contribution in [0.1, 0.15) is 44.9 Å². The van der Waals surface area contributed by atoms with Crippen LogP contribution in [-0.4, -0.2) is 26.0 Å². The van der Waals surface area contributed by atoms with Crippen molar-refractivity contribution >= 4 is 5.97 Å². The second kappa shape index (κ2) is 8.58. The number of ether oxygens (including phenoxy) is 4. The van der Waals surface area contributed by atoms with Crippen LogP contribution in [-0.2, 0) is 14.3 Å². The summed E-state index contributed by atoms with van der Waals surface area (Å²) < 4.78 is 22.0. The number of benzene rings is 1. The summed E-state index contributed by atoms with van der Waals surface area (Å²) >= 11 is 0. The Bertz CT molecular complexity index is 565. The van der Waals surface area contributed by atoms with Gasteiger partial charge >= 0.3 is 5.97 Å². The molecule has 2 atom stereocenters. The maximum absolute atomic E-state index is 11.7. The first kappa shape index (κ1) is 19.0. The molecule has 2 unspecified atom stereocenters. The normalized spacial score (nSPS) is 13.1. The van der Waals surface area contributed by atoms with Crippen molar-refractivity contribution in [3.05, 3.63) is 35.4 Å².